The first kappa shape index (κ1) is 24.7. The van der Waals surface area contributed by atoms with Crippen molar-refractivity contribution in [2.24, 2.45) is 5.41 Å². The number of hydrogen-bond donors (Lipinski definition) is 3. The Morgan fingerprint density at radius 3 is 2.59 bits per heavy atom. The van der Waals surface area contributed by atoms with Crippen LogP contribution in [0.25, 0.3) is 11.3 Å². The predicted octanol–water partition coefficient (Wildman–Crippen LogP) is 3.61. The summed E-state index contributed by atoms with van der Waals surface area (Å²) in [5.74, 6) is -1.59. The lowest BCUT2D eigenvalue weighted by Gasteiger charge is -2.38. The lowest BCUT2D eigenvalue weighted by molar-refractivity contribution is -0.119. The molecule has 39 heavy (non-hydrogen) atoms. The molecule has 4 heterocycles. The highest BCUT2D eigenvalue weighted by atomic mass is 19.1. The Labute approximate surface area is 222 Å². The maximum atomic E-state index is 14.4. The normalized spacial score (nSPS) is 17.7. The van der Waals surface area contributed by atoms with Crippen LogP contribution in [0.2, 0.25) is 0 Å². The molecule has 3 aromatic heterocycles. The Bertz CT molecular complexity index is 1560. The molecule has 1 fully saturated rings. The molecular weight excluding hydrogens is 505 g/mol. The molecule has 4 aromatic rings. The van der Waals surface area contributed by atoms with Crippen LogP contribution in [-0.2, 0) is 4.79 Å². The molecule has 200 valence electrons. The van der Waals surface area contributed by atoms with Crippen LogP contribution in [0.3, 0.4) is 0 Å². The second-order valence-corrected chi connectivity index (χ2v) is 10.2. The molecule has 2 atom stereocenters. The number of carbonyl (C=O) groups is 2. The predicted molar refractivity (Wildman–Crippen MR) is 137 cm³/mol. The Morgan fingerprint density at radius 2 is 1.95 bits per heavy atom. The summed E-state index contributed by atoms with van der Waals surface area (Å²) in [4.78, 5) is 31.6. The van der Waals surface area contributed by atoms with Gasteiger partial charge in [-0.25, -0.2) is 9.02 Å². The van der Waals surface area contributed by atoms with Gasteiger partial charge in [-0.05, 0) is 69.1 Å². The van der Waals surface area contributed by atoms with Crippen molar-refractivity contribution in [1.82, 2.24) is 30.8 Å². The molecule has 12 heteroatoms. The monoisotopic (exact) mass is 531 g/mol. The van der Waals surface area contributed by atoms with Gasteiger partial charge in [0.1, 0.15) is 23.3 Å². The summed E-state index contributed by atoms with van der Waals surface area (Å²) < 4.78 is 25.0. The summed E-state index contributed by atoms with van der Waals surface area (Å²) in [6, 6.07) is 6.70. The zero-order chi connectivity index (χ0) is 27.3. The van der Waals surface area contributed by atoms with Crippen LogP contribution in [0.5, 0.6) is 5.75 Å². The van der Waals surface area contributed by atoms with Crippen LogP contribution in [0.1, 0.15) is 51.9 Å². The third kappa shape index (κ3) is 4.41. The van der Waals surface area contributed by atoms with E-state index in [2.05, 4.69) is 40.8 Å². The number of pyridine rings is 1. The fourth-order valence-electron chi connectivity index (χ4n) is 5.40. The van der Waals surface area contributed by atoms with E-state index in [0.717, 1.165) is 29.8 Å². The van der Waals surface area contributed by atoms with Crippen LogP contribution in [0.15, 0.2) is 41.2 Å². The molecule has 11 nitrogen and oxygen atoms in total. The fourth-order valence-corrected chi connectivity index (χ4v) is 5.40. The van der Waals surface area contributed by atoms with Crippen LogP contribution in [0.4, 0.5) is 10.1 Å². The van der Waals surface area contributed by atoms with Crippen molar-refractivity contribution >= 4 is 17.5 Å². The molecule has 1 spiro atoms. The maximum Gasteiger partial charge on any atom is 0.276 e. The molecule has 3 N–H and O–H groups in total. The van der Waals surface area contributed by atoms with Gasteiger partial charge < -0.3 is 15.4 Å². The van der Waals surface area contributed by atoms with E-state index in [1.54, 1.807) is 31.3 Å². The zero-order valence-electron chi connectivity index (χ0n) is 21.5. The quantitative estimate of drug-likeness (QED) is 0.342. The molecule has 1 aromatic carbocycles. The van der Waals surface area contributed by atoms with E-state index < -0.39 is 35.0 Å². The van der Waals surface area contributed by atoms with Gasteiger partial charge in [-0.3, -0.25) is 19.7 Å². The Morgan fingerprint density at radius 1 is 1.13 bits per heavy atom. The number of nitrogens with one attached hydrogen (secondary N) is 3. The average Bonchev–Trinajstić information content (AvgIpc) is 3.41. The third-order valence-electron chi connectivity index (χ3n) is 7.56. The van der Waals surface area contributed by atoms with E-state index in [0.29, 0.717) is 29.3 Å². The number of carbonyl (C=O) groups excluding carboxylic acids is 2. The zero-order valence-corrected chi connectivity index (χ0v) is 21.5. The highest BCUT2D eigenvalue weighted by Gasteiger charge is 2.58. The minimum atomic E-state index is -1.07. The van der Waals surface area contributed by atoms with Gasteiger partial charge in [0.2, 0.25) is 5.91 Å². The number of ether oxygens (including phenoxy) is 1. The van der Waals surface area contributed by atoms with E-state index in [1.165, 1.54) is 12.1 Å². The molecule has 0 bridgehead atoms. The molecule has 1 aliphatic heterocycles. The first-order valence-electron chi connectivity index (χ1n) is 12.6. The number of fused-ring (bicyclic) bond motifs is 1. The van der Waals surface area contributed by atoms with Crippen molar-refractivity contribution in [3.63, 3.8) is 0 Å². The number of aromatic amines is 1. The molecule has 1 aliphatic carbocycles. The number of rotatable bonds is 6. The number of anilines is 1. The minimum absolute atomic E-state index is 0.0268. The van der Waals surface area contributed by atoms with E-state index in [1.807, 2.05) is 13.8 Å². The van der Waals surface area contributed by atoms with Gasteiger partial charge in [0.05, 0.1) is 29.9 Å². The molecule has 6 rings (SSSR count). The van der Waals surface area contributed by atoms with Crippen molar-refractivity contribution in [3.05, 3.63) is 70.7 Å². The lowest BCUT2D eigenvalue weighted by Crippen LogP contribution is -2.52. The van der Waals surface area contributed by atoms with Gasteiger partial charge in [0.25, 0.3) is 5.91 Å². The number of hydrogen-bond acceptors (Lipinski definition) is 8. The SMILES string of the molecule is Cc1nonc1C(=O)N[C@H](C(=O)Nc1ccc(-c2c(C)n[nH]c2C)nc1)C1c2cc(F)ccc2OCC12CC2. The summed E-state index contributed by atoms with van der Waals surface area (Å²) in [5, 5.41) is 20.2. The van der Waals surface area contributed by atoms with Crippen LogP contribution in [0, 0.1) is 32.0 Å². The topological polar surface area (TPSA) is 148 Å². The van der Waals surface area contributed by atoms with Crippen molar-refractivity contribution in [2.75, 3.05) is 11.9 Å². The van der Waals surface area contributed by atoms with E-state index >= 15 is 0 Å². The minimum Gasteiger partial charge on any atom is -0.493 e. The number of nitrogens with zero attached hydrogens (tertiary/aromatic N) is 4. The molecule has 1 unspecified atom stereocenters. The number of aryl methyl sites for hydroxylation is 3. The summed E-state index contributed by atoms with van der Waals surface area (Å²) in [7, 11) is 0. The van der Waals surface area contributed by atoms with Gasteiger partial charge in [0, 0.05) is 28.2 Å². The average molecular weight is 532 g/mol. The standard InChI is InChI=1S/C27H26FN7O4/c1-13-21(14(2)33-32-13)19-6-5-17(11-29-19)30-26(37)24(31-25(36)23-15(3)34-39-35-23)22-18-10-16(28)4-7-20(18)38-12-27(22)8-9-27/h4-7,10-11,22,24H,8-9,12H2,1-3H3,(H,30,37)(H,31,36)(H,32,33)/t22?,24-/m0/s1. The van der Waals surface area contributed by atoms with Crippen molar-refractivity contribution in [3.8, 4) is 17.0 Å². The Kier molecular flexibility index (Phi) is 5.89. The number of halogens is 1. The van der Waals surface area contributed by atoms with Gasteiger partial charge in [-0.1, -0.05) is 5.16 Å². The highest BCUT2D eigenvalue weighted by Crippen LogP contribution is 2.61. The van der Waals surface area contributed by atoms with Gasteiger partial charge in [-0.15, -0.1) is 0 Å². The second kappa shape index (κ2) is 9.29. The maximum absolute atomic E-state index is 14.4. The largest absolute Gasteiger partial charge is 0.493 e. The summed E-state index contributed by atoms with van der Waals surface area (Å²) >= 11 is 0. The molecular formula is C27H26FN7O4. The summed E-state index contributed by atoms with van der Waals surface area (Å²) in [6.45, 7) is 5.74. The molecule has 2 amide bonds. The number of benzene rings is 1. The molecule has 0 radical (unpaired) electrons. The number of H-pyrrole nitrogens is 1. The van der Waals surface area contributed by atoms with E-state index in [9.17, 15) is 14.0 Å². The number of aromatic nitrogens is 5. The summed E-state index contributed by atoms with van der Waals surface area (Å²) in [6.07, 6.45) is 3.10. The van der Waals surface area contributed by atoms with E-state index in [4.69, 9.17) is 4.74 Å². The van der Waals surface area contributed by atoms with Crippen molar-refractivity contribution in [1.29, 1.82) is 0 Å². The van der Waals surface area contributed by atoms with Crippen LogP contribution < -0.4 is 15.4 Å². The van der Waals surface area contributed by atoms with E-state index in [-0.39, 0.29) is 11.4 Å². The lowest BCUT2D eigenvalue weighted by atomic mass is 9.75. The van der Waals surface area contributed by atoms with Gasteiger partial charge in [0.15, 0.2) is 5.69 Å². The molecule has 0 saturated heterocycles. The van der Waals surface area contributed by atoms with Crippen LogP contribution >= 0.6 is 0 Å². The first-order chi connectivity index (χ1) is 18.8. The highest BCUT2D eigenvalue weighted by molar-refractivity contribution is 6.01. The second-order valence-electron chi connectivity index (χ2n) is 10.2. The van der Waals surface area contributed by atoms with Crippen LogP contribution in [-0.4, -0.2) is 50.0 Å². The summed E-state index contributed by atoms with van der Waals surface area (Å²) in [5.41, 5.74) is 4.14. The molecule has 1 saturated carbocycles. The van der Waals surface area contributed by atoms with Crippen molar-refractivity contribution in [2.45, 2.75) is 45.6 Å². The smallest absolute Gasteiger partial charge is 0.276 e. The number of amides is 2. The Hall–Kier alpha value is -4.61. The molecule has 2 aliphatic rings. The first-order valence-corrected chi connectivity index (χ1v) is 12.6. The van der Waals surface area contributed by atoms with Gasteiger partial charge in [-0.2, -0.15) is 5.10 Å². The third-order valence-corrected chi connectivity index (χ3v) is 7.56. The fraction of sp³-hybridized carbons (Fsp3) is 0.333. The Balaban J connectivity index is 1.34. The van der Waals surface area contributed by atoms with Gasteiger partial charge >= 0.3 is 0 Å². The van der Waals surface area contributed by atoms with Crippen molar-refractivity contribution < 1.29 is 23.3 Å².